The van der Waals surface area contributed by atoms with Crippen LogP contribution in [0.4, 0.5) is 4.79 Å². The molecule has 0 spiro atoms. The minimum Gasteiger partial charge on any atom is -0.460 e. The number of rotatable bonds is 8. The van der Waals surface area contributed by atoms with Gasteiger partial charge >= 0.3 is 12.1 Å². The van der Waals surface area contributed by atoms with Crippen LogP contribution in [-0.2, 0) is 14.3 Å². The first kappa shape index (κ1) is 16.0. The molecule has 1 atom stereocenters. The Bertz CT molecular complexity index is 281. The van der Waals surface area contributed by atoms with Crippen LogP contribution in [0, 0.1) is 0 Å². The number of carbonyl (C=O) groups excluding carboxylic acids is 2. The summed E-state index contributed by atoms with van der Waals surface area (Å²) >= 11 is 2.11. The van der Waals surface area contributed by atoms with Gasteiger partial charge in [0.15, 0.2) is 0 Å². The Hall–Kier alpha value is -1.05. The molecule has 0 radical (unpaired) electrons. The topological polar surface area (TPSA) is 64.6 Å². The lowest BCUT2D eigenvalue weighted by Crippen LogP contribution is -2.42. The smallest absolute Gasteiger partial charge is 0.408 e. The monoisotopic (exact) mass is 353 g/mol. The predicted octanol–water partition coefficient (Wildman–Crippen LogP) is 1.82. The average molecular weight is 353 g/mol. The third-order valence-corrected chi connectivity index (χ3v) is 2.27. The standard InChI is InChI=1S/C11H16INO4/c1-3-7-16-10(14)9(5-6-12)13-11(15)17-8-4-2/h3-4,9H,1-2,5-8H2,(H,13,15)/t9-/m0/s1. The summed E-state index contributed by atoms with van der Waals surface area (Å²) in [6.45, 7) is 7.08. The van der Waals surface area contributed by atoms with E-state index in [0.29, 0.717) is 10.8 Å². The van der Waals surface area contributed by atoms with Gasteiger partial charge in [0.25, 0.3) is 0 Å². The highest BCUT2D eigenvalue weighted by atomic mass is 127. The molecule has 0 unspecified atom stereocenters. The fraction of sp³-hybridized carbons (Fsp3) is 0.455. The maximum atomic E-state index is 11.5. The van der Waals surface area contributed by atoms with Gasteiger partial charge < -0.3 is 14.8 Å². The number of alkyl carbamates (subject to hydrolysis) is 1. The van der Waals surface area contributed by atoms with E-state index in [-0.39, 0.29) is 13.2 Å². The summed E-state index contributed by atoms with van der Waals surface area (Å²) in [4.78, 5) is 22.8. The highest BCUT2D eigenvalue weighted by molar-refractivity contribution is 14.1. The number of esters is 1. The molecule has 0 fully saturated rings. The number of nitrogens with one attached hydrogen (secondary N) is 1. The molecule has 0 aliphatic heterocycles. The molecule has 0 saturated heterocycles. The molecule has 0 aromatic heterocycles. The van der Waals surface area contributed by atoms with Crippen molar-refractivity contribution in [1.82, 2.24) is 5.32 Å². The van der Waals surface area contributed by atoms with Gasteiger partial charge in [-0.25, -0.2) is 9.59 Å². The lowest BCUT2D eigenvalue weighted by atomic mass is 10.2. The lowest BCUT2D eigenvalue weighted by Gasteiger charge is -2.15. The van der Waals surface area contributed by atoms with Gasteiger partial charge in [-0.3, -0.25) is 0 Å². The average Bonchev–Trinajstić information content (AvgIpc) is 2.32. The minimum atomic E-state index is -0.691. The van der Waals surface area contributed by atoms with Crippen LogP contribution in [0.1, 0.15) is 6.42 Å². The maximum Gasteiger partial charge on any atom is 0.408 e. The molecule has 1 N–H and O–H groups in total. The Labute approximate surface area is 114 Å². The van der Waals surface area contributed by atoms with Gasteiger partial charge in [0, 0.05) is 4.43 Å². The third kappa shape index (κ3) is 7.78. The summed E-state index contributed by atoms with van der Waals surface area (Å²) < 4.78 is 10.3. The van der Waals surface area contributed by atoms with Crippen LogP contribution < -0.4 is 5.32 Å². The Balaban J connectivity index is 4.20. The number of alkyl halides is 1. The first-order valence-electron chi connectivity index (χ1n) is 5.03. The van der Waals surface area contributed by atoms with E-state index in [1.54, 1.807) is 0 Å². The number of hydrogen-bond acceptors (Lipinski definition) is 4. The van der Waals surface area contributed by atoms with Crippen LogP contribution in [0.5, 0.6) is 0 Å². The molecule has 0 saturated carbocycles. The zero-order valence-electron chi connectivity index (χ0n) is 9.49. The number of hydrogen-bond donors (Lipinski definition) is 1. The molecule has 6 heteroatoms. The molecule has 0 aliphatic carbocycles. The number of halogens is 1. The summed E-state index contributed by atoms with van der Waals surface area (Å²) in [5.41, 5.74) is 0. The van der Waals surface area contributed by atoms with E-state index in [4.69, 9.17) is 9.47 Å². The highest BCUT2D eigenvalue weighted by Gasteiger charge is 2.21. The summed E-state index contributed by atoms with van der Waals surface area (Å²) in [5, 5.41) is 2.44. The molecule has 0 rings (SSSR count). The van der Waals surface area contributed by atoms with E-state index in [9.17, 15) is 9.59 Å². The van der Waals surface area contributed by atoms with E-state index in [2.05, 4.69) is 41.1 Å². The Kier molecular flexibility index (Phi) is 9.50. The van der Waals surface area contributed by atoms with Crippen molar-refractivity contribution in [3.05, 3.63) is 25.3 Å². The van der Waals surface area contributed by atoms with E-state index < -0.39 is 18.1 Å². The van der Waals surface area contributed by atoms with Gasteiger partial charge in [-0.15, -0.1) is 0 Å². The van der Waals surface area contributed by atoms with Crippen LogP contribution in [0.2, 0.25) is 0 Å². The van der Waals surface area contributed by atoms with Gasteiger partial charge in [0.05, 0.1) is 0 Å². The number of amides is 1. The summed E-state index contributed by atoms with van der Waals surface area (Å²) in [6.07, 6.45) is 2.74. The molecule has 0 bridgehead atoms. The van der Waals surface area contributed by atoms with E-state index in [0.717, 1.165) is 0 Å². The van der Waals surface area contributed by atoms with Crippen molar-refractivity contribution in [2.45, 2.75) is 12.5 Å². The van der Waals surface area contributed by atoms with Crippen molar-refractivity contribution in [3.8, 4) is 0 Å². The van der Waals surface area contributed by atoms with Crippen LogP contribution >= 0.6 is 22.6 Å². The van der Waals surface area contributed by atoms with Crippen LogP contribution in [0.15, 0.2) is 25.3 Å². The largest absolute Gasteiger partial charge is 0.460 e. The van der Waals surface area contributed by atoms with E-state index in [1.165, 1.54) is 12.2 Å². The minimum absolute atomic E-state index is 0.102. The molecule has 0 heterocycles. The second-order valence-electron chi connectivity index (χ2n) is 2.98. The summed E-state index contributed by atoms with van der Waals surface area (Å²) in [6, 6.07) is -0.691. The van der Waals surface area contributed by atoms with Crippen molar-refractivity contribution >= 4 is 34.7 Å². The van der Waals surface area contributed by atoms with Crippen molar-refractivity contribution in [2.75, 3.05) is 17.6 Å². The molecule has 1 amide bonds. The van der Waals surface area contributed by atoms with E-state index in [1.807, 2.05) is 0 Å². The van der Waals surface area contributed by atoms with Gasteiger partial charge in [-0.05, 0) is 6.42 Å². The SMILES string of the molecule is C=CCOC(=O)N[C@@H](CCI)C(=O)OCC=C. The summed E-state index contributed by atoms with van der Waals surface area (Å²) in [5.74, 6) is -0.489. The quantitative estimate of drug-likeness (QED) is 0.313. The van der Waals surface area contributed by atoms with Crippen LogP contribution in [-0.4, -0.2) is 35.7 Å². The van der Waals surface area contributed by atoms with Crippen LogP contribution in [0.25, 0.3) is 0 Å². The maximum absolute atomic E-state index is 11.5. The second-order valence-corrected chi connectivity index (χ2v) is 4.06. The van der Waals surface area contributed by atoms with Gasteiger partial charge in [0.2, 0.25) is 0 Å². The van der Waals surface area contributed by atoms with Gasteiger partial charge in [-0.1, -0.05) is 47.9 Å². The molecule has 0 aromatic rings. The third-order valence-electron chi connectivity index (χ3n) is 1.65. The molecule has 17 heavy (non-hydrogen) atoms. The van der Waals surface area contributed by atoms with Gasteiger partial charge in [-0.2, -0.15) is 0 Å². The van der Waals surface area contributed by atoms with Crippen molar-refractivity contribution in [2.24, 2.45) is 0 Å². The van der Waals surface area contributed by atoms with Crippen molar-refractivity contribution in [3.63, 3.8) is 0 Å². The highest BCUT2D eigenvalue weighted by Crippen LogP contribution is 2.00. The zero-order chi connectivity index (χ0) is 13.1. The molecule has 0 aromatic carbocycles. The molecular formula is C11H16INO4. The Morgan fingerprint density at radius 1 is 1.24 bits per heavy atom. The fourth-order valence-corrected chi connectivity index (χ4v) is 1.54. The second kappa shape index (κ2) is 10.1. The van der Waals surface area contributed by atoms with Crippen molar-refractivity contribution < 1.29 is 19.1 Å². The van der Waals surface area contributed by atoms with Crippen molar-refractivity contribution in [1.29, 1.82) is 0 Å². The Morgan fingerprint density at radius 3 is 2.35 bits per heavy atom. The number of ether oxygens (including phenoxy) is 2. The van der Waals surface area contributed by atoms with E-state index >= 15 is 0 Å². The molecule has 0 aliphatic rings. The molecule has 96 valence electrons. The normalized spacial score (nSPS) is 11.1. The molecule has 5 nitrogen and oxygen atoms in total. The zero-order valence-corrected chi connectivity index (χ0v) is 11.6. The Morgan fingerprint density at radius 2 is 1.82 bits per heavy atom. The van der Waals surface area contributed by atoms with Crippen LogP contribution in [0.3, 0.4) is 0 Å². The van der Waals surface area contributed by atoms with Gasteiger partial charge in [0.1, 0.15) is 19.3 Å². The summed E-state index contributed by atoms with van der Waals surface area (Å²) in [7, 11) is 0. The number of carbonyl (C=O) groups is 2. The lowest BCUT2D eigenvalue weighted by molar-refractivity contribution is -0.144. The predicted molar refractivity (Wildman–Crippen MR) is 73.1 cm³/mol. The first-order chi connectivity index (χ1) is 8.15. The fourth-order valence-electron chi connectivity index (χ4n) is 0.918. The molecular weight excluding hydrogens is 337 g/mol. The first-order valence-corrected chi connectivity index (χ1v) is 6.56.